The Morgan fingerprint density at radius 3 is 3.07 bits per heavy atom. The Morgan fingerprint density at radius 1 is 1.71 bits per heavy atom. The van der Waals surface area contributed by atoms with Gasteiger partial charge in [0.1, 0.15) is 0 Å². The van der Waals surface area contributed by atoms with Crippen LogP contribution >= 0.6 is 15.9 Å². The Hall–Kier alpha value is -0.0900. The van der Waals surface area contributed by atoms with Crippen LogP contribution in [0.25, 0.3) is 0 Å². The third-order valence-electron chi connectivity index (χ3n) is 2.35. The molecule has 0 aromatic rings. The number of hydrogen-bond acceptors (Lipinski definition) is 2. The molecule has 0 radical (unpaired) electrons. The maximum absolute atomic E-state index is 11.4. The van der Waals surface area contributed by atoms with E-state index in [-0.39, 0.29) is 12.0 Å². The maximum atomic E-state index is 11.4. The molecule has 4 heteroatoms. The number of ether oxygens (including phenoxy) is 1. The minimum atomic E-state index is 0.115. The van der Waals surface area contributed by atoms with E-state index in [4.69, 9.17) is 4.74 Å². The molecule has 1 N–H and O–H groups in total. The van der Waals surface area contributed by atoms with Crippen LogP contribution in [-0.4, -0.2) is 30.5 Å². The third kappa shape index (κ3) is 4.42. The highest BCUT2D eigenvalue weighted by molar-refractivity contribution is 9.09. The molecule has 0 aliphatic carbocycles. The molecule has 1 fully saturated rings. The van der Waals surface area contributed by atoms with Crippen LogP contribution in [0.5, 0.6) is 0 Å². The molecule has 1 rings (SSSR count). The summed E-state index contributed by atoms with van der Waals surface area (Å²) >= 11 is 3.38. The summed E-state index contributed by atoms with van der Waals surface area (Å²) in [5.74, 6) is 0.605. The fourth-order valence-corrected chi connectivity index (χ4v) is 1.66. The lowest BCUT2D eigenvalue weighted by atomic mass is 10.1. The van der Waals surface area contributed by atoms with Gasteiger partial charge in [0.05, 0.1) is 12.5 Å². The fourth-order valence-electron chi connectivity index (χ4n) is 1.43. The van der Waals surface area contributed by atoms with Crippen LogP contribution in [0.3, 0.4) is 0 Å². The molecule has 3 nitrogen and oxygen atoms in total. The average Bonchev–Trinajstić information content (AvgIpc) is 2.66. The van der Waals surface area contributed by atoms with Gasteiger partial charge in [0.15, 0.2) is 0 Å². The number of amides is 1. The molecule has 1 aliphatic rings. The molecule has 0 aromatic carbocycles. The second kappa shape index (κ2) is 6.40. The van der Waals surface area contributed by atoms with Crippen LogP contribution in [0.15, 0.2) is 0 Å². The quantitative estimate of drug-likeness (QED) is 0.767. The summed E-state index contributed by atoms with van der Waals surface area (Å²) in [7, 11) is 0. The standard InChI is InChI=1S/C10H18BrNO2/c1-8(6-11)7-12-10(13)5-9-3-2-4-14-9/h8-9H,2-7H2,1H3,(H,12,13). The molecule has 0 bridgehead atoms. The molecule has 14 heavy (non-hydrogen) atoms. The van der Waals surface area contributed by atoms with Gasteiger partial charge in [-0.3, -0.25) is 4.79 Å². The van der Waals surface area contributed by atoms with E-state index in [2.05, 4.69) is 28.2 Å². The summed E-state index contributed by atoms with van der Waals surface area (Å²) in [5.41, 5.74) is 0. The minimum absolute atomic E-state index is 0.115. The predicted octanol–water partition coefficient (Wildman–Crippen LogP) is 1.70. The molecular weight excluding hydrogens is 246 g/mol. The Morgan fingerprint density at radius 2 is 2.50 bits per heavy atom. The lowest BCUT2D eigenvalue weighted by Gasteiger charge is -2.12. The van der Waals surface area contributed by atoms with Crippen LogP contribution in [0.4, 0.5) is 0 Å². The van der Waals surface area contributed by atoms with Crippen molar-refractivity contribution >= 4 is 21.8 Å². The molecule has 1 aliphatic heterocycles. The third-order valence-corrected chi connectivity index (χ3v) is 3.45. The van der Waals surface area contributed by atoms with Crippen molar-refractivity contribution in [2.75, 3.05) is 18.5 Å². The summed E-state index contributed by atoms with van der Waals surface area (Å²) in [6.45, 7) is 3.66. The minimum Gasteiger partial charge on any atom is -0.378 e. The highest BCUT2D eigenvalue weighted by atomic mass is 79.9. The zero-order valence-electron chi connectivity index (χ0n) is 8.59. The first-order valence-electron chi connectivity index (χ1n) is 5.16. The molecule has 1 saturated heterocycles. The van der Waals surface area contributed by atoms with E-state index in [1.54, 1.807) is 0 Å². The Labute approximate surface area is 93.7 Å². The van der Waals surface area contributed by atoms with Crippen LogP contribution in [0.1, 0.15) is 26.2 Å². The summed E-state index contributed by atoms with van der Waals surface area (Å²) < 4.78 is 5.39. The van der Waals surface area contributed by atoms with Crippen LogP contribution in [0, 0.1) is 5.92 Å². The van der Waals surface area contributed by atoms with Gasteiger partial charge in [0, 0.05) is 18.5 Å². The van der Waals surface area contributed by atoms with Gasteiger partial charge in [-0.2, -0.15) is 0 Å². The van der Waals surface area contributed by atoms with Gasteiger partial charge in [-0.25, -0.2) is 0 Å². The van der Waals surface area contributed by atoms with Crippen molar-refractivity contribution in [1.82, 2.24) is 5.32 Å². The van der Waals surface area contributed by atoms with Gasteiger partial charge in [-0.1, -0.05) is 22.9 Å². The monoisotopic (exact) mass is 263 g/mol. The van der Waals surface area contributed by atoms with Crippen molar-refractivity contribution in [2.45, 2.75) is 32.3 Å². The topological polar surface area (TPSA) is 38.3 Å². The number of carbonyl (C=O) groups is 1. The first-order valence-corrected chi connectivity index (χ1v) is 6.28. The van der Waals surface area contributed by atoms with Gasteiger partial charge in [-0.05, 0) is 18.8 Å². The summed E-state index contributed by atoms with van der Waals surface area (Å²) in [5, 5.41) is 3.84. The largest absolute Gasteiger partial charge is 0.378 e. The highest BCUT2D eigenvalue weighted by Gasteiger charge is 2.18. The summed E-state index contributed by atoms with van der Waals surface area (Å²) in [6.07, 6.45) is 2.81. The van der Waals surface area contributed by atoms with E-state index in [0.717, 1.165) is 31.3 Å². The lowest BCUT2D eigenvalue weighted by Crippen LogP contribution is -2.31. The van der Waals surface area contributed by atoms with Crippen molar-refractivity contribution in [2.24, 2.45) is 5.92 Å². The number of alkyl halides is 1. The predicted molar refractivity (Wildman–Crippen MR) is 59.6 cm³/mol. The second-order valence-electron chi connectivity index (χ2n) is 3.90. The number of carbonyl (C=O) groups excluding carboxylic acids is 1. The van der Waals surface area contributed by atoms with Crippen molar-refractivity contribution in [3.63, 3.8) is 0 Å². The Kier molecular flexibility index (Phi) is 5.48. The van der Waals surface area contributed by atoms with Crippen molar-refractivity contribution in [3.05, 3.63) is 0 Å². The molecule has 2 unspecified atom stereocenters. The van der Waals surface area contributed by atoms with E-state index < -0.39 is 0 Å². The van der Waals surface area contributed by atoms with Gasteiger partial charge < -0.3 is 10.1 Å². The molecule has 1 heterocycles. The molecular formula is C10H18BrNO2. The zero-order chi connectivity index (χ0) is 10.4. The molecule has 0 aromatic heterocycles. The number of hydrogen-bond donors (Lipinski definition) is 1. The lowest BCUT2D eigenvalue weighted by molar-refractivity contribution is -0.123. The van der Waals surface area contributed by atoms with E-state index in [9.17, 15) is 4.79 Å². The van der Waals surface area contributed by atoms with Gasteiger partial charge in [0.25, 0.3) is 0 Å². The van der Waals surface area contributed by atoms with Gasteiger partial charge in [-0.15, -0.1) is 0 Å². The smallest absolute Gasteiger partial charge is 0.222 e. The first kappa shape index (κ1) is 12.0. The number of halogens is 1. The second-order valence-corrected chi connectivity index (χ2v) is 4.55. The number of nitrogens with one attached hydrogen (secondary N) is 1. The number of rotatable bonds is 5. The molecule has 2 atom stereocenters. The maximum Gasteiger partial charge on any atom is 0.222 e. The van der Waals surface area contributed by atoms with Gasteiger partial charge >= 0.3 is 0 Å². The normalized spacial score (nSPS) is 23.4. The average molecular weight is 264 g/mol. The summed E-state index contributed by atoms with van der Waals surface area (Å²) in [4.78, 5) is 11.4. The molecule has 0 saturated carbocycles. The zero-order valence-corrected chi connectivity index (χ0v) is 10.2. The van der Waals surface area contributed by atoms with Crippen molar-refractivity contribution < 1.29 is 9.53 Å². The molecule has 82 valence electrons. The van der Waals surface area contributed by atoms with E-state index in [0.29, 0.717) is 12.3 Å². The van der Waals surface area contributed by atoms with Crippen LogP contribution in [0.2, 0.25) is 0 Å². The van der Waals surface area contributed by atoms with E-state index in [1.807, 2.05) is 0 Å². The van der Waals surface area contributed by atoms with Crippen molar-refractivity contribution in [1.29, 1.82) is 0 Å². The van der Waals surface area contributed by atoms with Crippen LogP contribution in [-0.2, 0) is 9.53 Å². The fraction of sp³-hybridized carbons (Fsp3) is 0.900. The highest BCUT2D eigenvalue weighted by Crippen LogP contribution is 2.14. The SMILES string of the molecule is CC(CBr)CNC(=O)CC1CCCO1. The Balaban J connectivity index is 2.09. The first-order chi connectivity index (χ1) is 6.72. The summed E-state index contributed by atoms with van der Waals surface area (Å²) in [6, 6.07) is 0. The molecule has 1 amide bonds. The Bertz CT molecular complexity index is 181. The van der Waals surface area contributed by atoms with Crippen LogP contribution < -0.4 is 5.32 Å². The van der Waals surface area contributed by atoms with E-state index in [1.165, 1.54) is 0 Å². The van der Waals surface area contributed by atoms with E-state index >= 15 is 0 Å². The van der Waals surface area contributed by atoms with Crippen molar-refractivity contribution in [3.8, 4) is 0 Å². The van der Waals surface area contributed by atoms with Gasteiger partial charge in [0.2, 0.25) is 5.91 Å². The molecule has 0 spiro atoms.